The minimum absolute atomic E-state index is 0.0305. The topological polar surface area (TPSA) is 83.4 Å². The van der Waals surface area contributed by atoms with Gasteiger partial charge in [0, 0.05) is 24.6 Å². The van der Waals surface area contributed by atoms with Gasteiger partial charge >= 0.3 is 6.03 Å². The molecule has 0 radical (unpaired) electrons. The van der Waals surface area contributed by atoms with Crippen LogP contribution in [0.2, 0.25) is 0 Å². The van der Waals surface area contributed by atoms with Crippen LogP contribution >= 0.6 is 0 Å². The summed E-state index contributed by atoms with van der Waals surface area (Å²) in [5.74, 6) is 0.897. The Kier molecular flexibility index (Phi) is 5.07. The van der Waals surface area contributed by atoms with Crippen molar-refractivity contribution in [3.8, 4) is 0 Å². The van der Waals surface area contributed by atoms with Crippen LogP contribution in [0, 0.1) is 0 Å². The van der Waals surface area contributed by atoms with Crippen LogP contribution in [-0.4, -0.2) is 18.0 Å². The summed E-state index contributed by atoms with van der Waals surface area (Å²) >= 11 is 0. The molecule has 1 aromatic heterocycles. The maximum Gasteiger partial charge on any atom is 0.315 e. The number of anilines is 1. The van der Waals surface area contributed by atoms with Gasteiger partial charge in [0.05, 0.1) is 12.3 Å². The van der Waals surface area contributed by atoms with Crippen molar-refractivity contribution in [2.45, 2.75) is 45.2 Å². The Morgan fingerprint density at radius 2 is 2.08 bits per heavy atom. The Balaban J connectivity index is 1.55. The second kappa shape index (κ2) is 7.42. The van der Waals surface area contributed by atoms with Gasteiger partial charge in [-0.15, -0.1) is 0 Å². The first-order chi connectivity index (χ1) is 12.0. The molecule has 2 aromatic rings. The van der Waals surface area contributed by atoms with Gasteiger partial charge in [0.15, 0.2) is 0 Å². The van der Waals surface area contributed by atoms with Gasteiger partial charge < -0.3 is 20.4 Å². The van der Waals surface area contributed by atoms with Gasteiger partial charge in [-0.05, 0) is 49.6 Å². The van der Waals surface area contributed by atoms with E-state index in [4.69, 9.17) is 4.42 Å². The number of rotatable bonds is 5. The summed E-state index contributed by atoms with van der Waals surface area (Å²) in [6, 6.07) is 9.24. The normalized spacial score (nSPS) is 15.7. The van der Waals surface area contributed by atoms with Gasteiger partial charge in [-0.3, -0.25) is 4.79 Å². The van der Waals surface area contributed by atoms with Gasteiger partial charge in [0.25, 0.3) is 0 Å². The van der Waals surface area contributed by atoms with Crippen molar-refractivity contribution in [2.75, 3.05) is 5.32 Å². The van der Waals surface area contributed by atoms with Crippen LogP contribution in [0.3, 0.4) is 0 Å². The molecule has 3 N–H and O–H groups in total. The van der Waals surface area contributed by atoms with E-state index in [2.05, 4.69) is 16.0 Å². The van der Waals surface area contributed by atoms with Gasteiger partial charge in [0.1, 0.15) is 5.76 Å². The maximum atomic E-state index is 12.2. The first-order valence-electron chi connectivity index (χ1n) is 8.53. The van der Waals surface area contributed by atoms with E-state index in [1.165, 1.54) is 0 Å². The highest BCUT2D eigenvalue weighted by molar-refractivity contribution is 5.93. The molecule has 0 aliphatic carbocycles. The van der Waals surface area contributed by atoms with E-state index in [0.717, 1.165) is 29.0 Å². The minimum Gasteiger partial charge on any atom is -0.469 e. The third-order valence-electron chi connectivity index (χ3n) is 4.34. The zero-order valence-corrected chi connectivity index (χ0v) is 14.5. The van der Waals surface area contributed by atoms with Gasteiger partial charge in [-0.2, -0.15) is 0 Å². The smallest absolute Gasteiger partial charge is 0.315 e. The Bertz CT molecular complexity index is 755. The molecule has 0 spiro atoms. The second-order valence-electron chi connectivity index (χ2n) is 6.49. The van der Waals surface area contributed by atoms with E-state index in [1.807, 2.05) is 44.2 Å². The second-order valence-corrected chi connectivity index (χ2v) is 6.49. The quantitative estimate of drug-likeness (QED) is 0.781. The first-order valence-corrected chi connectivity index (χ1v) is 8.53. The standard InChI is InChI=1S/C19H23N3O3/c1-12(10-16-4-3-9-25-16)20-19(24)21-13(2)14-5-7-17-15(11-14)6-8-18(23)22-17/h3-5,7,9,11-13H,6,8,10H2,1-2H3,(H,22,23)(H2,20,21,24)/t12-,13+/m0/s1. The zero-order chi connectivity index (χ0) is 17.8. The molecule has 2 heterocycles. The van der Waals surface area contributed by atoms with Crippen molar-refractivity contribution in [2.24, 2.45) is 0 Å². The molecule has 0 fully saturated rings. The summed E-state index contributed by atoms with van der Waals surface area (Å²) in [7, 11) is 0. The van der Waals surface area contributed by atoms with Crippen LogP contribution in [0.5, 0.6) is 0 Å². The van der Waals surface area contributed by atoms with Crippen molar-refractivity contribution in [1.29, 1.82) is 0 Å². The number of fused-ring (bicyclic) bond motifs is 1. The lowest BCUT2D eigenvalue weighted by Crippen LogP contribution is -2.42. The Morgan fingerprint density at radius 1 is 1.24 bits per heavy atom. The summed E-state index contributed by atoms with van der Waals surface area (Å²) in [5.41, 5.74) is 2.99. The third-order valence-corrected chi connectivity index (χ3v) is 4.34. The molecule has 6 nitrogen and oxygen atoms in total. The molecule has 132 valence electrons. The lowest BCUT2D eigenvalue weighted by molar-refractivity contribution is -0.116. The van der Waals surface area contributed by atoms with Gasteiger partial charge in [0.2, 0.25) is 5.91 Å². The average molecular weight is 341 g/mol. The molecule has 0 bridgehead atoms. The van der Waals surface area contributed by atoms with Crippen LogP contribution in [0.1, 0.15) is 43.2 Å². The number of hydrogen-bond acceptors (Lipinski definition) is 3. The van der Waals surface area contributed by atoms with Crippen molar-refractivity contribution in [1.82, 2.24) is 10.6 Å². The Morgan fingerprint density at radius 3 is 2.84 bits per heavy atom. The van der Waals surface area contributed by atoms with Gasteiger partial charge in [-0.25, -0.2) is 4.79 Å². The molecule has 3 rings (SSSR count). The third kappa shape index (κ3) is 4.41. The highest BCUT2D eigenvalue weighted by Crippen LogP contribution is 2.26. The number of hydrogen-bond donors (Lipinski definition) is 3. The van der Waals surface area contributed by atoms with Crippen LogP contribution in [0.4, 0.5) is 10.5 Å². The maximum absolute atomic E-state index is 12.2. The molecule has 25 heavy (non-hydrogen) atoms. The van der Waals surface area contributed by atoms with Crippen LogP contribution in [0.25, 0.3) is 0 Å². The molecule has 6 heteroatoms. The SMILES string of the molecule is C[C@@H](Cc1ccco1)NC(=O)N[C@H](C)c1ccc2c(c1)CCC(=O)N2. The van der Waals surface area contributed by atoms with E-state index in [9.17, 15) is 9.59 Å². The summed E-state index contributed by atoms with van der Waals surface area (Å²) in [6.45, 7) is 3.88. The molecular weight excluding hydrogens is 318 g/mol. The first kappa shape index (κ1) is 17.1. The molecule has 1 aromatic carbocycles. The van der Waals surface area contributed by atoms with E-state index in [0.29, 0.717) is 12.8 Å². The molecule has 0 saturated carbocycles. The highest BCUT2D eigenvalue weighted by Gasteiger charge is 2.17. The fourth-order valence-corrected chi connectivity index (χ4v) is 3.00. The Labute approximate surface area is 147 Å². The van der Waals surface area contributed by atoms with E-state index >= 15 is 0 Å². The summed E-state index contributed by atoms with van der Waals surface area (Å²) in [4.78, 5) is 23.6. The van der Waals surface area contributed by atoms with Crippen molar-refractivity contribution < 1.29 is 14.0 Å². The minimum atomic E-state index is -0.211. The van der Waals surface area contributed by atoms with Crippen molar-refractivity contribution in [3.05, 3.63) is 53.5 Å². The van der Waals surface area contributed by atoms with E-state index < -0.39 is 0 Å². The van der Waals surface area contributed by atoms with Crippen molar-refractivity contribution in [3.63, 3.8) is 0 Å². The van der Waals surface area contributed by atoms with Crippen LogP contribution in [-0.2, 0) is 17.6 Å². The number of furan rings is 1. The lowest BCUT2D eigenvalue weighted by atomic mass is 9.98. The number of urea groups is 1. The van der Waals surface area contributed by atoms with Crippen LogP contribution in [0.15, 0.2) is 41.0 Å². The molecule has 3 amide bonds. The number of carbonyl (C=O) groups excluding carboxylic acids is 2. The van der Waals surface area contributed by atoms with Crippen LogP contribution < -0.4 is 16.0 Å². The molecule has 1 aliphatic heterocycles. The predicted octanol–water partition coefficient (Wildman–Crippen LogP) is 3.16. The summed E-state index contributed by atoms with van der Waals surface area (Å²) in [6.07, 6.45) is 3.51. The number of carbonyl (C=O) groups is 2. The average Bonchev–Trinajstić information content (AvgIpc) is 3.06. The highest BCUT2D eigenvalue weighted by atomic mass is 16.3. The van der Waals surface area contributed by atoms with Crippen molar-refractivity contribution >= 4 is 17.6 Å². The zero-order valence-electron chi connectivity index (χ0n) is 14.5. The Hall–Kier alpha value is -2.76. The number of benzene rings is 1. The summed E-state index contributed by atoms with van der Waals surface area (Å²) < 4.78 is 5.29. The number of aryl methyl sites for hydroxylation is 1. The molecular formula is C19H23N3O3. The van der Waals surface area contributed by atoms with E-state index in [-0.39, 0.29) is 24.0 Å². The largest absolute Gasteiger partial charge is 0.469 e. The number of nitrogens with one attached hydrogen (secondary N) is 3. The molecule has 2 atom stereocenters. The van der Waals surface area contributed by atoms with E-state index in [1.54, 1.807) is 6.26 Å². The van der Waals surface area contributed by atoms with Gasteiger partial charge in [-0.1, -0.05) is 12.1 Å². The monoisotopic (exact) mass is 341 g/mol. The summed E-state index contributed by atoms with van der Waals surface area (Å²) in [5, 5.41) is 8.74. The lowest BCUT2D eigenvalue weighted by Gasteiger charge is -2.21. The fraction of sp³-hybridized carbons (Fsp3) is 0.368. The molecule has 0 saturated heterocycles. The molecule has 0 unspecified atom stereocenters. The number of amides is 3. The fourth-order valence-electron chi connectivity index (χ4n) is 3.00. The molecule has 1 aliphatic rings. The predicted molar refractivity (Wildman–Crippen MR) is 95.3 cm³/mol.